The molecule has 1 fully saturated rings. The number of fused-ring (bicyclic) bond motifs is 1. The third kappa shape index (κ3) is 4.92. The summed E-state index contributed by atoms with van der Waals surface area (Å²) in [4.78, 5) is 25.5. The first-order valence-electron chi connectivity index (χ1n) is 11.3. The Morgan fingerprint density at radius 3 is 2.35 bits per heavy atom. The molecule has 2 aliphatic rings. The Labute approximate surface area is 183 Å². The second kappa shape index (κ2) is 8.73. The number of nitrogens with one attached hydrogen (secondary N) is 2. The number of rotatable bonds is 4. The number of alkyl carbamates (subject to hydrolysis) is 1. The first-order chi connectivity index (χ1) is 14.8. The van der Waals surface area contributed by atoms with Crippen LogP contribution in [0.4, 0.5) is 4.79 Å². The van der Waals surface area contributed by atoms with Gasteiger partial charge in [-0.3, -0.25) is 4.79 Å². The minimum atomic E-state index is -0.553. The fourth-order valence-electron chi connectivity index (χ4n) is 4.57. The topological polar surface area (TPSA) is 85.2 Å². The molecule has 2 N–H and O–H groups in total. The molecule has 4 rings (SSSR count). The summed E-state index contributed by atoms with van der Waals surface area (Å²) < 4.78 is 7.32. The third-order valence-corrected chi connectivity index (χ3v) is 5.93. The maximum atomic E-state index is 13.2. The smallest absolute Gasteiger partial charge is 0.407 e. The molecule has 2 aromatic rings. The zero-order chi connectivity index (χ0) is 22.0. The summed E-state index contributed by atoms with van der Waals surface area (Å²) in [6, 6.07) is 9.68. The summed E-state index contributed by atoms with van der Waals surface area (Å²) in [6.07, 6.45) is 6.08. The van der Waals surface area contributed by atoms with Crippen LogP contribution < -0.4 is 10.6 Å². The van der Waals surface area contributed by atoms with E-state index in [9.17, 15) is 9.59 Å². The maximum absolute atomic E-state index is 13.2. The summed E-state index contributed by atoms with van der Waals surface area (Å²) in [5.74, 6) is -0.157. The number of benzene rings is 1. The normalized spacial score (nSPS) is 20.7. The van der Waals surface area contributed by atoms with Crippen LogP contribution in [0, 0.1) is 0 Å². The van der Waals surface area contributed by atoms with Gasteiger partial charge in [0.15, 0.2) is 5.69 Å². The van der Waals surface area contributed by atoms with Gasteiger partial charge in [-0.2, -0.15) is 5.10 Å². The Morgan fingerprint density at radius 1 is 1.00 bits per heavy atom. The predicted molar refractivity (Wildman–Crippen MR) is 118 cm³/mol. The van der Waals surface area contributed by atoms with Crippen molar-refractivity contribution < 1.29 is 14.3 Å². The molecule has 0 radical (unpaired) electrons. The lowest BCUT2D eigenvalue weighted by Crippen LogP contribution is -2.54. The van der Waals surface area contributed by atoms with E-state index in [-0.39, 0.29) is 18.0 Å². The Hall–Kier alpha value is -2.83. The lowest BCUT2D eigenvalue weighted by Gasteiger charge is -2.33. The van der Waals surface area contributed by atoms with E-state index < -0.39 is 11.7 Å². The number of carbonyl (C=O) groups is 2. The van der Waals surface area contributed by atoms with E-state index >= 15 is 0 Å². The van der Waals surface area contributed by atoms with Gasteiger partial charge in [-0.05, 0) is 65.0 Å². The van der Waals surface area contributed by atoms with E-state index in [1.165, 1.54) is 0 Å². The van der Waals surface area contributed by atoms with Gasteiger partial charge in [-0.1, -0.05) is 31.0 Å². The number of hydrogen-bond acceptors (Lipinski definition) is 4. The molecule has 31 heavy (non-hydrogen) atoms. The molecule has 0 saturated heterocycles. The minimum absolute atomic E-state index is 0.132. The van der Waals surface area contributed by atoms with Crippen molar-refractivity contribution in [1.29, 1.82) is 0 Å². The summed E-state index contributed by atoms with van der Waals surface area (Å²) >= 11 is 0. The van der Waals surface area contributed by atoms with Crippen LogP contribution in [-0.2, 0) is 17.6 Å². The first-order valence-corrected chi connectivity index (χ1v) is 11.3. The van der Waals surface area contributed by atoms with Gasteiger partial charge >= 0.3 is 6.09 Å². The van der Waals surface area contributed by atoms with Crippen molar-refractivity contribution in [3.8, 4) is 5.69 Å². The Bertz CT molecular complexity index is 946. The molecule has 0 aliphatic heterocycles. The highest BCUT2D eigenvalue weighted by Crippen LogP contribution is 2.28. The van der Waals surface area contributed by atoms with Crippen molar-refractivity contribution in [2.24, 2.45) is 0 Å². The van der Waals surface area contributed by atoms with Crippen LogP contribution >= 0.6 is 0 Å². The van der Waals surface area contributed by atoms with E-state index in [1.807, 2.05) is 55.8 Å². The van der Waals surface area contributed by atoms with E-state index in [0.29, 0.717) is 5.69 Å². The molecule has 0 bridgehead atoms. The van der Waals surface area contributed by atoms with Crippen molar-refractivity contribution >= 4 is 12.0 Å². The number of nitrogens with zero attached hydrogens (tertiary/aromatic N) is 2. The highest BCUT2D eigenvalue weighted by atomic mass is 16.6. The largest absolute Gasteiger partial charge is 0.444 e. The van der Waals surface area contributed by atoms with Crippen molar-refractivity contribution in [1.82, 2.24) is 20.4 Å². The monoisotopic (exact) mass is 424 g/mol. The molecule has 1 heterocycles. The second-order valence-corrected chi connectivity index (χ2v) is 9.49. The molecule has 2 aliphatic carbocycles. The highest BCUT2D eigenvalue weighted by molar-refractivity contribution is 5.94. The summed E-state index contributed by atoms with van der Waals surface area (Å²) in [7, 11) is 0. The van der Waals surface area contributed by atoms with Crippen LogP contribution in [0.1, 0.15) is 74.6 Å². The van der Waals surface area contributed by atoms with E-state index in [2.05, 4.69) is 10.6 Å². The standard InChI is InChI=1S/C24H32N4O3/c1-24(2,3)31-23(30)26-19-14-8-7-13-18(19)25-22(29)21-17-12-9-15-20(17)28(27-21)16-10-5-4-6-11-16/h4-6,10-11,18-19H,7-9,12-15H2,1-3H3,(H,25,29)(H,26,30). The summed E-state index contributed by atoms with van der Waals surface area (Å²) in [5.41, 5.74) is 3.11. The lowest BCUT2D eigenvalue weighted by atomic mass is 9.90. The van der Waals surface area contributed by atoms with E-state index in [0.717, 1.165) is 61.9 Å². The van der Waals surface area contributed by atoms with Crippen LogP contribution in [0.2, 0.25) is 0 Å². The number of aromatic nitrogens is 2. The molecular weight excluding hydrogens is 392 g/mol. The summed E-state index contributed by atoms with van der Waals surface area (Å²) in [6.45, 7) is 5.53. The van der Waals surface area contributed by atoms with E-state index in [4.69, 9.17) is 9.84 Å². The minimum Gasteiger partial charge on any atom is -0.444 e. The van der Waals surface area contributed by atoms with Crippen LogP contribution in [0.25, 0.3) is 5.69 Å². The van der Waals surface area contributed by atoms with Gasteiger partial charge in [0.1, 0.15) is 5.60 Å². The predicted octanol–water partition coefficient (Wildman–Crippen LogP) is 3.93. The quantitative estimate of drug-likeness (QED) is 0.779. The number of carbonyl (C=O) groups excluding carboxylic acids is 2. The number of hydrogen-bond donors (Lipinski definition) is 2. The van der Waals surface area contributed by atoms with Gasteiger partial charge in [0.2, 0.25) is 0 Å². The molecule has 1 saturated carbocycles. The van der Waals surface area contributed by atoms with Gasteiger partial charge in [0.05, 0.1) is 11.7 Å². The molecule has 2 unspecified atom stereocenters. The van der Waals surface area contributed by atoms with Crippen LogP contribution in [0.3, 0.4) is 0 Å². The highest BCUT2D eigenvalue weighted by Gasteiger charge is 2.32. The number of amides is 2. The number of para-hydroxylation sites is 1. The van der Waals surface area contributed by atoms with Crippen molar-refractivity contribution in [2.75, 3.05) is 0 Å². The molecular formula is C24H32N4O3. The molecule has 7 nitrogen and oxygen atoms in total. The maximum Gasteiger partial charge on any atom is 0.407 e. The van der Waals surface area contributed by atoms with Crippen molar-refractivity contribution in [2.45, 2.75) is 83.4 Å². The van der Waals surface area contributed by atoms with Crippen molar-refractivity contribution in [3.05, 3.63) is 47.3 Å². The average Bonchev–Trinajstić information content (AvgIpc) is 3.31. The van der Waals surface area contributed by atoms with Gasteiger partial charge in [0, 0.05) is 17.3 Å². The molecule has 0 spiro atoms. The van der Waals surface area contributed by atoms with E-state index in [1.54, 1.807) is 0 Å². The van der Waals surface area contributed by atoms with Gasteiger partial charge < -0.3 is 15.4 Å². The van der Waals surface area contributed by atoms with Crippen LogP contribution in [0.5, 0.6) is 0 Å². The molecule has 2 amide bonds. The Balaban J connectivity index is 1.50. The average molecular weight is 425 g/mol. The summed E-state index contributed by atoms with van der Waals surface area (Å²) in [5, 5.41) is 10.8. The van der Waals surface area contributed by atoms with Gasteiger partial charge in [-0.25, -0.2) is 9.48 Å². The molecule has 7 heteroatoms. The molecule has 1 aromatic carbocycles. The number of ether oxygens (including phenoxy) is 1. The zero-order valence-electron chi connectivity index (χ0n) is 18.6. The fraction of sp³-hybridized carbons (Fsp3) is 0.542. The Morgan fingerprint density at radius 2 is 1.68 bits per heavy atom. The van der Waals surface area contributed by atoms with Gasteiger partial charge in [-0.15, -0.1) is 0 Å². The second-order valence-electron chi connectivity index (χ2n) is 9.49. The Kier molecular flexibility index (Phi) is 6.03. The molecule has 1 aromatic heterocycles. The molecule has 166 valence electrons. The molecule has 2 atom stereocenters. The van der Waals surface area contributed by atoms with Gasteiger partial charge in [0.25, 0.3) is 5.91 Å². The SMILES string of the molecule is CC(C)(C)OC(=O)NC1CCCCC1NC(=O)c1nn(-c2ccccc2)c2c1CCC2. The zero-order valence-corrected chi connectivity index (χ0v) is 18.6. The fourth-order valence-corrected chi connectivity index (χ4v) is 4.57. The third-order valence-electron chi connectivity index (χ3n) is 5.93. The van der Waals surface area contributed by atoms with Crippen LogP contribution in [-0.4, -0.2) is 39.5 Å². The van der Waals surface area contributed by atoms with Crippen molar-refractivity contribution in [3.63, 3.8) is 0 Å². The lowest BCUT2D eigenvalue weighted by molar-refractivity contribution is 0.0474. The van der Waals surface area contributed by atoms with Crippen LogP contribution in [0.15, 0.2) is 30.3 Å². The first kappa shape index (κ1) is 21.4.